The highest BCUT2D eigenvalue weighted by molar-refractivity contribution is 7.80. The Balaban J connectivity index is 1.31. The molecule has 0 amide bonds. The van der Waals surface area contributed by atoms with Crippen LogP contribution in [0.5, 0.6) is 0 Å². The fourth-order valence-electron chi connectivity index (χ4n) is 4.42. The lowest BCUT2D eigenvalue weighted by Gasteiger charge is -2.23. The Kier molecular flexibility index (Phi) is 6.37. The number of nitrogens with zero attached hydrogens (tertiary/aromatic N) is 1. The Morgan fingerprint density at radius 2 is 2.03 bits per heavy atom. The van der Waals surface area contributed by atoms with Crippen LogP contribution in [-0.4, -0.2) is 28.3 Å². The minimum atomic E-state index is -0.232. The van der Waals surface area contributed by atoms with E-state index in [2.05, 4.69) is 10.3 Å². The van der Waals surface area contributed by atoms with Crippen LogP contribution >= 0.6 is 23.6 Å². The van der Waals surface area contributed by atoms with E-state index in [1.165, 1.54) is 4.88 Å². The van der Waals surface area contributed by atoms with Crippen LogP contribution in [0.15, 0.2) is 24.5 Å². The zero-order valence-electron chi connectivity index (χ0n) is 18.1. The lowest BCUT2D eigenvalue weighted by molar-refractivity contribution is -0.119. The number of carbonyl (C=O) groups is 2. The van der Waals surface area contributed by atoms with Gasteiger partial charge in [-0.05, 0) is 74.5 Å². The van der Waals surface area contributed by atoms with Gasteiger partial charge in [-0.2, -0.15) is 0 Å². The summed E-state index contributed by atoms with van der Waals surface area (Å²) in [7, 11) is 0. The molecule has 2 aromatic rings. The standard InChI is InChI=1S/C25H28N2O3S2/c28-20(17-6-7-17)12-22-24(25(29)30-14-15-3-4-15)19-10-16(5-8-21(19)32-22)11-23(31)27-18-2-1-9-26-13-18/h1-2,9,13,15-17H,3-8,10-12,14H2,(H,27,31). The number of aromatic nitrogens is 1. The van der Waals surface area contributed by atoms with Gasteiger partial charge in [-0.15, -0.1) is 11.3 Å². The van der Waals surface area contributed by atoms with E-state index in [0.29, 0.717) is 30.4 Å². The van der Waals surface area contributed by atoms with Crippen molar-refractivity contribution >= 4 is 46.0 Å². The molecule has 0 saturated heterocycles. The molecule has 5 nitrogen and oxygen atoms in total. The molecular formula is C25H28N2O3S2. The predicted molar refractivity (Wildman–Crippen MR) is 129 cm³/mol. The molecule has 2 saturated carbocycles. The van der Waals surface area contributed by atoms with Crippen molar-refractivity contribution in [2.24, 2.45) is 17.8 Å². The first kappa shape index (κ1) is 21.7. The Morgan fingerprint density at radius 3 is 2.75 bits per heavy atom. The largest absolute Gasteiger partial charge is 0.462 e. The highest BCUT2D eigenvalue weighted by Crippen LogP contribution is 2.40. The van der Waals surface area contributed by atoms with Crippen molar-refractivity contribution in [1.82, 2.24) is 4.98 Å². The number of esters is 1. The van der Waals surface area contributed by atoms with Crippen LogP contribution < -0.4 is 5.32 Å². The predicted octanol–water partition coefficient (Wildman–Crippen LogP) is 5.17. The number of ether oxygens (including phenoxy) is 1. The van der Waals surface area contributed by atoms with E-state index >= 15 is 0 Å². The summed E-state index contributed by atoms with van der Waals surface area (Å²) in [6.45, 7) is 0.502. The number of ketones is 1. The summed E-state index contributed by atoms with van der Waals surface area (Å²) in [4.78, 5) is 32.7. The number of rotatable bonds is 9. The number of carbonyl (C=O) groups excluding carboxylic acids is 2. The van der Waals surface area contributed by atoms with Crippen molar-refractivity contribution in [3.63, 3.8) is 0 Å². The molecule has 32 heavy (non-hydrogen) atoms. The normalized spacial score (nSPS) is 19.8. The lowest BCUT2D eigenvalue weighted by Crippen LogP contribution is -2.21. The van der Waals surface area contributed by atoms with Crippen LogP contribution in [0.2, 0.25) is 0 Å². The van der Waals surface area contributed by atoms with Crippen LogP contribution in [0.3, 0.4) is 0 Å². The SMILES string of the molecule is O=C(OCC1CC1)c1c(CC(=O)C2CC2)sc2c1CC(CC(=S)Nc1cccnc1)CC2. The molecule has 2 heterocycles. The van der Waals surface area contributed by atoms with Gasteiger partial charge < -0.3 is 10.1 Å². The van der Waals surface area contributed by atoms with Crippen molar-refractivity contribution in [2.45, 2.75) is 57.8 Å². The summed E-state index contributed by atoms with van der Waals surface area (Å²) in [5, 5.41) is 3.28. The minimum Gasteiger partial charge on any atom is -0.462 e. The molecule has 1 unspecified atom stereocenters. The van der Waals surface area contributed by atoms with Gasteiger partial charge in [0.05, 0.1) is 29.0 Å². The molecule has 2 aromatic heterocycles. The highest BCUT2D eigenvalue weighted by atomic mass is 32.1. The molecule has 0 aromatic carbocycles. The van der Waals surface area contributed by atoms with Gasteiger partial charge >= 0.3 is 5.97 Å². The molecule has 1 atom stereocenters. The topological polar surface area (TPSA) is 68.3 Å². The van der Waals surface area contributed by atoms with Crippen LogP contribution in [0.1, 0.15) is 64.2 Å². The van der Waals surface area contributed by atoms with E-state index in [0.717, 1.165) is 72.5 Å². The molecule has 5 rings (SSSR count). The number of hydrogen-bond donors (Lipinski definition) is 1. The first-order valence-corrected chi connectivity index (χ1v) is 12.8. The van der Waals surface area contributed by atoms with Gasteiger partial charge in [-0.3, -0.25) is 9.78 Å². The van der Waals surface area contributed by atoms with Crippen molar-refractivity contribution in [3.8, 4) is 0 Å². The third-order valence-electron chi connectivity index (χ3n) is 6.57. The maximum absolute atomic E-state index is 13.1. The first-order chi connectivity index (χ1) is 15.6. The van der Waals surface area contributed by atoms with Crippen LogP contribution in [0.25, 0.3) is 0 Å². The number of thiocarbonyl (C=S) groups is 1. The molecule has 7 heteroatoms. The number of pyridine rings is 1. The summed E-state index contributed by atoms with van der Waals surface area (Å²) in [5.41, 5.74) is 2.69. The van der Waals surface area contributed by atoms with Gasteiger partial charge in [0.1, 0.15) is 5.78 Å². The van der Waals surface area contributed by atoms with Crippen LogP contribution in [0, 0.1) is 17.8 Å². The second-order valence-corrected chi connectivity index (χ2v) is 11.0. The van der Waals surface area contributed by atoms with E-state index in [-0.39, 0.29) is 17.7 Å². The fourth-order valence-corrected chi connectivity index (χ4v) is 6.12. The zero-order chi connectivity index (χ0) is 22.1. The van der Waals surface area contributed by atoms with Crippen molar-refractivity contribution in [3.05, 3.63) is 45.4 Å². The Hall–Kier alpha value is -2.12. The number of hydrogen-bond acceptors (Lipinski definition) is 6. The third kappa shape index (κ3) is 5.26. The maximum Gasteiger partial charge on any atom is 0.339 e. The van der Waals surface area contributed by atoms with Crippen molar-refractivity contribution in [1.29, 1.82) is 0 Å². The molecule has 3 aliphatic rings. The van der Waals surface area contributed by atoms with Gasteiger partial charge in [-0.25, -0.2) is 4.79 Å². The van der Waals surface area contributed by atoms with E-state index in [1.54, 1.807) is 23.7 Å². The smallest absolute Gasteiger partial charge is 0.339 e. The number of nitrogens with one attached hydrogen (secondary N) is 1. The Labute approximate surface area is 198 Å². The number of aryl methyl sites for hydroxylation is 1. The second-order valence-electron chi connectivity index (χ2n) is 9.36. The van der Waals surface area contributed by atoms with Crippen LogP contribution in [-0.2, 0) is 28.8 Å². The van der Waals surface area contributed by atoms with Crippen molar-refractivity contribution < 1.29 is 14.3 Å². The molecule has 168 valence electrons. The summed E-state index contributed by atoms with van der Waals surface area (Å²) >= 11 is 7.26. The number of fused-ring (bicyclic) bond motifs is 1. The van der Waals surface area contributed by atoms with Crippen molar-refractivity contribution in [2.75, 3.05) is 11.9 Å². The van der Waals surface area contributed by atoms with E-state index in [9.17, 15) is 9.59 Å². The summed E-state index contributed by atoms with van der Waals surface area (Å²) in [6, 6.07) is 3.83. The summed E-state index contributed by atoms with van der Waals surface area (Å²) in [6.07, 6.45) is 11.7. The average molecular weight is 469 g/mol. The maximum atomic E-state index is 13.1. The van der Waals surface area contributed by atoms with E-state index < -0.39 is 0 Å². The molecule has 0 aliphatic heterocycles. The minimum absolute atomic E-state index is 0.202. The van der Waals surface area contributed by atoms with E-state index in [1.807, 2.05) is 12.1 Å². The molecule has 2 fully saturated rings. The van der Waals surface area contributed by atoms with Gasteiger partial charge in [0.15, 0.2) is 0 Å². The lowest BCUT2D eigenvalue weighted by atomic mass is 9.84. The number of Topliss-reactive ketones (excluding diaryl/α,β-unsaturated/α-hetero) is 1. The molecule has 0 spiro atoms. The molecule has 0 radical (unpaired) electrons. The summed E-state index contributed by atoms with van der Waals surface area (Å²) in [5.74, 6) is 1.14. The monoisotopic (exact) mass is 468 g/mol. The zero-order valence-corrected chi connectivity index (χ0v) is 19.7. The summed E-state index contributed by atoms with van der Waals surface area (Å²) < 4.78 is 5.68. The highest BCUT2D eigenvalue weighted by Gasteiger charge is 2.35. The quantitative estimate of drug-likeness (QED) is 0.405. The number of anilines is 1. The van der Waals surface area contributed by atoms with Gasteiger partial charge in [0.25, 0.3) is 0 Å². The first-order valence-electron chi connectivity index (χ1n) is 11.6. The van der Waals surface area contributed by atoms with E-state index in [4.69, 9.17) is 17.0 Å². The second kappa shape index (κ2) is 9.40. The molecule has 1 N–H and O–H groups in total. The van der Waals surface area contributed by atoms with Gasteiger partial charge in [0.2, 0.25) is 0 Å². The molecule has 0 bridgehead atoms. The Bertz CT molecular complexity index is 1030. The van der Waals surface area contributed by atoms with Gasteiger partial charge in [0, 0.05) is 34.7 Å². The Morgan fingerprint density at radius 1 is 1.19 bits per heavy atom. The number of thiophene rings is 1. The third-order valence-corrected chi connectivity index (χ3v) is 8.13. The van der Waals surface area contributed by atoms with Crippen LogP contribution in [0.4, 0.5) is 5.69 Å². The van der Waals surface area contributed by atoms with Gasteiger partial charge in [-0.1, -0.05) is 12.2 Å². The fraction of sp³-hybridized carbons (Fsp3) is 0.520. The molecular weight excluding hydrogens is 440 g/mol. The molecule has 3 aliphatic carbocycles. The average Bonchev–Trinajstić information content (AvgIpc) is 3.69.